The number of sulfonamides is 1. The second kappa shape index (κ2) is 8.12. The van der Waals surface area contributed by atoms with Crippen molar-refractivity contribution in [2.75, 3.05) is 13.7 Å². The highest BCUT2D eigenvalue weighted by Gasteiger charge is 2.18. The van der Waals surface area contributed by atoms with Gasteiger partial charge in [-0.3, -0.25) is 0 Å². The van der Waals surface area contributed by atoms with Crippen molar-refractivity contribution in [1.29, 1.82) is 0 Å². The molecule has 1 N–H and O–H groups in total. The molecule has 0 aliphatic carbocycles. The van der Waals surface area contributed by atoms with Crippen LogP contribution in [0.3, 0.4) is 0 Å². The summed E-state index contributed by atoms with van der Waals surface area (Å²) in [6, 6.07) is 10.2. The smallest absolute Gasteiger partial charge is 0.338 e. The summed E-state index contributed by atoms with van der Waals surface area (Å²) in [5.41, 5.74) is 3.50. The second-order valence-electron chi connectivity index (χ2n) is 6.55. The van der Waals surface area contributed by atoms with Gasteiger partial charge in [0.25, 0.3) is 0 Å². The first-order valence-electron chi connectivity index (χ1n) is 8.85. The predicted molar refractivity (Wildman–Crippen MR) is 105 cm³/mol. The molecule has 0 fully saturated rings. The Morgan fingerprint density at radius 2 is 1.96 bits per heavy atom. The molecule has 2 aromatic carbocycles. The average molecular weight is 402 g/mol. The van der Waals surface area contributed by atoms with Crippen LogP contribution in [0.25, 0.3) is 11.1 Å². The lowest BCUT2D eigenvalue weighted by atomic mass is 10.1. The van der Waals surface area contributed by atoms with Crippen molar-refractivity contribution >= 4 is 27.1 Å². The van der Waals surface area contributed by atoms with E-state index in [2.05, 4.69) is 9.71 Å². The van der Waals surface area contributed by atoms with E-state index >= 15 is 0 Å². The molecule has 0 atom stereocenters. The number of aromatic nitrogens is 1. The molecule has 0 amide bonds. The number of hydrogen-bond acceptors (Lipinski definition) is 6. The molecule has 8 heteroatoms. The van der Waals surface area contributed by atoms with E-state index in [-0.39, 0.29) is 17.0 Å². The molecule has 0 unspecified atom stereocenters. The molecule has 0 aliphatic rings. The lowest BCUT2D eigenvalue weighted by Crippen LogP contribution is -2.25. The molecule has 3 rings (SSSR count). The highest BCUT2D eigenvalue weighted by molar-refractivity contribution is 7.89. The van der Waals surface area contributed by atoms with E-state index in [9.17, 15) is 13.2 Å². The van der Waals surface area contributed by atoms with Gasteiger partial charge >= 0.3 is 5.97 Å². The van der Waals surface area contributed by atoms with Gasteiger partial charge in [-0.2, -0.15) is 0 Å². The fraction of sp³-hybridized carbons (Fsp3) is 0.300. The number of fused-ring (bicyclic) bond motifs is 1. The minimum Gasteiger partial charge on any atom is -0.465 e. The topological polar surface area (TPSA) is 98.5 Å². The molecule has 7 nitrogen and oxygen atoms in total. The van der Waals surface area contributed by atoms with Crippen LogP contribution < -0.4 is 4.72 Å². The monoisotopic (exact) mass is 402 g/mol. The van der Waals surface area contributed by atoms with Crippen LogP contribution in [0.5, 0.6) is 0 Å². The van der Waals surface area contributed by atoms with Gasteiger partial charge < -0.3 is 9.15 Å². The molecule has 148 valence electrons. The summed E-state index contributed by atoms with van der Waals surface area (Å²) < 4.78 is 37.9. The van der Waals surface area contributed by atoms with Crippen molar-refractivity contribution in [3.8, 4) is 0 Å². The summed E-state index contributed by atoms with van der Waals surface area (Å²) in [6.45, 7) is 3.93. The Balaban J connectivity index is 1.62. The third-order valence-corrected chi connectivity index (χ3v) is 5.83. The molecule has 0 saturated heterocycles. The summed E-state index contributed by atoms with van der Waals surface area (Å²) >= 11 is 0. The maximum absolute atomic E-state index is 12.5. The quantitative estimate of drug-likeness (QED) is 0.481. The molecular weight excluding hydrogens is 380 g/mol. The van der Waals surface area contributed by atoms with Gasteiger partial charge in [0.1, 0.15) is 5.52 Å². The summed E-state index contributed by atoms with van der Waals surface area (Å²) in [6.07, 6.45) is 1.04. The van der Waals surface area contributed by atoms with Crippen LogP contribution in [0.15, 0.2) is 45.7 Å². The number of nitrogens with one attached hydrogen (secondary N) is 1. The van der Waals surface area contributed by atoms with Crippen molar-refractivity contribution in [3.05, 3.63) is 59.0 Å². The van der Waals surface area contributed by atoms with Crippen LogP contribution in [0, 0.1) is 13.8 Å². The fourth-order valence-corrected chi connectivity index (χ4v) is 3.92. The van der Waals surface area contributed by atoms with Crippen LogP contribution >= 0.6 is 0 Å². The van der Waals surface area contributed by atoms with Crippen LogP contribution in [0.4, 0.5) is 0 Å². The van der Waals surface area contributed by atoms with E-state index in [0.717, 1.165) is 16.7 Å². The van der Waals surface area contributed by atoms with Crippen LogP contribution in [-0.4, -0.2) is 33.0 Å². The highest BCUT2D eigenvalue weighted by atomic mass is 32.2. The van der Waals surface area contributed by atoms with Crippen molar-refractivity contribution in [2.45, 2.75) is 31.6 Å². The minimum atomic E-state index is -3.73. The van der Waals surface area contributed by atoms with Gasteiger partial charge in [-0.1, -0.05) is 12.1 Å². The first kappa shape index (κ1) is 20.0. The number of aryl methyl sites for hydroxylation is 3. The van der Waals surface area contributed by atoms with Crippen molar-refractivity contribution in [3.63, 3.8) is 0 Å². The Labute approximate surface area is 163 Å². The van der Waals surface area contributed by atoms with E-state index in [1.165, 1.54) is 19.2 Å². The molecule has 0 spiro atoms. The zero-order chi connectivity index (χ0) is 20.3. The number of ether oxygens (including phenoxy) is 1. The Morgan fingerprint density at radius 1 is 1.18 bits per heavy atom. The number of methoxy groups -OCH3 is 1. The Hall–Kier alpha value is -2.71. The molecule has 0 radical (unpaired) electrons. The molecule has 0 bridgehead atoms. The molecule has 3 aromatic rings. The van der Waals surface area contributed by atoms with E-state index in [0.29, 0.717) is 24.3 Å². The zero-order valence-electron chi connectivity index (χ0n) is 16.0. The summed E-state index contributed by atoms with van der Waals surface area (Å²) in [5, 5.41) is 0. The molecule has 1 heterocycles. The lowest BCUT2D eigenvalue weighted by molar-refractivity contribution is 0.0599. The fourth-order valence-electron chi connectivity index (χ4n) is 2.82. The minimum absolute atomic E-state index is 0.0239. The number of oxazole rings is 1. The van der Waals surface area contributed by atoms with Gasteiger partial charge in [0.2, 0.25) is 10.0 Å². The van der Waals surface area contributed by atoms with Gasteiger partial charge in [0.05, 0.1) is 17.6 Å². The zero-order valence-corrected chi connectivity index (χ0v) is 16.8. The summed E-state index contributed by atoms with van der Waals surface area (Å²) in [5.74, 6) is 0.00357. The standard InChI is InChI=1S/C20H22N2O5S/c1-13-6-9-18-17(11-13)22-19(27-18)5-4-10-21-28(24,25)15-8-7-14(2)16(12-15)20(23)26-3/h6-9,11-12,21H,4-5,10H2,1-3H3. The van der Waals surface area contributed by atoms with Crippen molar-refractivity contribution < 1.29 is 22.4 Å². The Morgan fingerprint density at radius 3 is 2.71 bits per heavy atom. The maximum Gasteiger partial charge on any atom is 0.338 e. The number of carbonyl (C=O) groups excluding carboxylic acids is 1. The number of benzene rings is 2. The molecule has 1 aromatic heterocycles. The summed E-state index contributed by atoms with van der Waals surface area (Å²) in [4.78, 5) is 16.2. The van der Waals surface area contributed by atoms with Gasteiger partial charge in [-0.05, 0) is 55.7 Å². The molecule has 0 saturated carbocycles. The maximum atomic E-state index is 12.5. The first-order valence-corrected chi connectivity index (χ1v) is 10.3. The first-order chi connectivity index (χ1) is 13.3. The highest BCUT2D eigenvalue weighted by Crippen LogP contribution is 2.18. The van der Waals surface area contributed by atoms with Gasteiger partial charge in [0, 0.05) is 13.0 Å². The normalized spacial score (nSPS) is 11.7. The Bertz CT molecular complexity index is 1120. The molecule has 0 aliphatic heterocycles. The third-order valence-electron chi connectivity index (χ3n) is 4.37. The molecule has 28 heavy (non-hydrogen) atoms. The van der Waals surface area contributed by atoms with Gasteiger partial charge in [0.15, 0.2) is 11.5 Å². The SMILES string of the molecule is COC(=O)c1cc(S(=O)(=O)NCCCc2nc3cc(C)ccc3o2)ccc1C. The number of rotatable bonds is 7. The Kier molecular flexibility index (Phi) is 5.81. The van der Waals surface area contributed by atoms with E-state index < -0.39 is 16.0 Å². The van der Waals surface area contributed by atoms with Crippen LogP contribution in [0.1, 0.15) is 33.8 Å². The van der Waals surface area contributed by atoms with E-state index in [4.69, 9.17) is 9.15 Å². The summed E-state index contributed by atoms with van der Waals surface area (Å²) in [7, 11) is -2.48. The second-order valence-corrected chi connectivity index (χ2v) is 8.32. The van der Waals surface area contributed by atoms with Crippen molar-refractivity contribution in [1.82, 2.24) is 9.71 Å². The third kappa shape index (κ3) is 4.40. The number of esters is 1. The van der Waals surface area contributed by atoms with E-state index in [1.54, 1.807) is 13.0 Å². The largest absolute Gasteiger partial charge is 0.465 e. The number of nitrogens with zero attached hydrogens (tertiary/aromatic N) is 1. The average Bonchev–Trinajstić information content (AvgIpc) is 3.06. The van der Waals surface area contributed by atoms with E-state index in [1.807, 2.05) is 25.1 Å². The lowest BCUT2D eigenvalue weighted by Gasteiger charge is -2.09. The predicted octanol–water partition coefficient (Wildman–Crippen LogP) is 3.14. The van der Waals surface area contributed by atoms with Gasteiger partial charge in [-0.25, -0.2) is 22.9 Å². The number of carbonyl (C=O) groups is 1. The number of hydrogen-bond donors (Lipinski definition) is 1. The van der Waals surface area contributed by atoms with Crippen molar-refractivity contribution in [2.24, 2.45) is 0 Å². The molecular formula is C20H22N2O5S. The van der Waals surface area contributed by atoms with Crippen LogP contribution in [0.2, 0.25) is 0 Å². The van der Waals surface area contributed by atoms with Crippen LogP contribution in [-0.2, 0) is 21.2 Å². The van der Waals surface area contributed by atoms with Gasteiger partial charge in [-0.15, -0.1) is 0 Å².